The van der Waals surface area contributed by atoms with Crippen molar-refractivity contribution in [1.82, 2.24) is 20.4 Å². The van der Waals surface area contributed by atoms with Gasteiger partial charge < -0.3 is 24.8 Å². The van der Waals surface area contributed by atoms with E-state index in [1.54, 1.807) is 24.3 Å². The quantitative estimate of drug-likeness (QED) is 0.155. The summed E-state index contributed by atoms with van der Waals surface area (Å²) >= 11 is 0. The molecule has 5 amide bonds. The summed E-state index contributed by atoms with van der Waals surface area (Å²) in [5.41, 5.74) is 3.45. The predicted molar refractivity (Wildman–Crippen MR) is 181 cm³/mol. The molecule has 0 unspecified atom stereocenters. The number of rotatable bonds is 12. The smallest absolute Gasteiger partial charge is 0.411 e. The fourth-order valence-electron chi connectivity index (χ4n) is 5.89. The number of para-hydroxylation sites is 1. The van der Waals surface area contributed by atoms with Crippen LogP contribution in [0, 0.1) is 0 Å². The molecule has 0 atom stereocenters. The molecule has 12 heteroatoms. The first kappa shape index (κ1) is 34.3. The molecule has 0 saturated carbocycles. The van der Waals surface area contributed by atoms with E-state index in [4.69, 9.17) is 4.74 Å². The van der Waals surface area contributed by atoms with Crippen molar-refractivity contribution in [2.45, 2.75) is 18.9 Å². The Hall–Kier alpha value is -5.07. The molecule has 0 aromatic heterocycles. The standard InChI is InChI=1S/C36H42N6O6/c1-42(2,25-23-41-34(45)29-13-6-7-14-30(29)35(41)46)24-19-38-33(44)32(43)37-18-22-40-20-16-27(17-21-40)48-36(47)39-31-15-9-8-12-28(31)26-10-4-3-5-11-26/h3-15,27H,16-25H2,1-2H3,(H2-,37,38,39,43,44,47)/p+1. The van der Waals surface area contributed by atoms with E-state index in [9.17, 15) is 24.0 Å². The molecule has 252 valence electrons. The molecule has 0 aliphatic carbocycles. The van der Waals surface area contributed by atoms with Crippen LogP contribution in [0.25, 0.3) is 11.1 Å². The molecule has 5 rings (SSSR count). The van der Waals surface area contributed by atoms with Crippen LogP contribution in [0.3, 0.4) is 0 Å². The predicted octanol–water partition coefficient (Wildman–Crippen LogP) is 2.97. The maximum absolute atomic E-state index is 12.7. The first-order valence-electron chi connectivity index (χ1n) is 16.3. The average Bonchev–Trinajstić information content (AvgIpc) is 3.33. The third kappa shape index (κ3) is 8.84. The summed E-state index contributed by atoms with van der Waals surface area (Å²) in [6.45, 7) is 3.83. The lowest BCUT2D eigenvalue weighted by Crippen LogP contribution is -2.51. The first-order chi connectivity index (χ1) is 23.1. The molecule has 1 saturated heterocycles. The van der Waals surface area contributed by atoms with Crippen molar-refractivity contribution < 1.29 is 33.2 Å². The van der Waals surface area contributed by atoms with Crippen LogP contribution in [-0.4, -0.2) is 117 Å². The van der Waals surface area contributed by atoms with E-state index < -0.39 is 17.9 Å². The van der Waals surface area contributed by atoms with Gasteiger partial charge in [0.1, 0.15) is 6.10 Å². The summed E-state index contributed by atoms with van der Waals surface area (Å²) in [6.07, 6.45) is 0.646. The van der Waals surface area contributed by atoms with Gasteiger partial charge in [0.25, 0.3) is 11.8 Å². The van der Waals surface area contributed by atoms with Crippen LogP contribution in [-0.2, 0) is 14.3 Å². The van der Waals surface area contributed by atoms with Gasteiger partial charge in [0.2, 0.25) is 0 Å². The van der Waals surface area contributed by atoms with Crippen molar-refractivity contribution in [2.75, 3.05) is 71.8 Å². The molecule has 12 nitrogen and oxygen atoms in total. The highest BCUT2D eigenvalue weighted by molar-refractivity contribution is 6.35. The molecule has 3 aromatic carbocycles. The molecule has 2 aliphatic rings. The summed E-state index contributed by atoms with van der Waals surface area (Å²) in [7, 11) is 3.88. The number of quaternary nitrogens is 1. The van der Waals surface area contributed by atoms with E-state index in [2.05, 4.69) is 20.9 Å². The van der Waals surface area contributed by atoms with Crippen LogP contribution >= 0.6 is 0 Å². The van der Waals surface area contributed by atoms with Crippen LogP contribution in [0.2, 0.25) is 0 Å². The lowest BCUT2D eigenvalue weighted by atomic mass is 10.0. The summed E-state index contributed by atoms with van der Waals surface area (Å²) < 4.78 is 6.14. The van der Waals surface area contributed by atoms with E-state index >= 15 is 0 Å². The number of likely N-dealkylation sites (N-methyl/N-ethyl adjacent to an activating group) is 1. The van der Waals surface area contributed by atoms with Crippen molar-refractivity contribution in [2.24, 2.45) is 0 Å². The highest BCUT2D eigenvalue weighted by atomic mass is 16.6. The number of likely N-dealkylation sites (tertiary alicyclic amines) is 1. The Morgan fingerprint density at radius 3 is 1.94 bits per heavy atom. The number of carbonyl (C=O) groups excluding carboxylic acids is 5. The first-order valence-corrected chi connectivity index (χ1v) is 16.3. The van der Waals surface area contributed by atoms with Crippen molar-refractivity contribution in [3.05, 3.63) is 90.0 Å². The van der Waals surface area contributed by atoms with Gasteiger partial charge in [0.05, 0.1) is 57.1 Å². The van der Waals surface area contributed by atoms with Gasteiger partial charge in [-0.2, -0.15) is 0 Å². The number of nitrogens with one attached hydrogen (secondary N) is 3. The second-order valence-electron chi connectivity index (χ2n) is 12.7. The highest BCUT2D eigenvalue weighted by Crippen LogP contribution is 2.28. The van der Waals surface area contributed by atoms with Gasteiger partial charge in [-0.3, -0.25) is 29.4 Å². The van der Waals surface area contributed by atoms with Crippen LogP contribution < -0.4 is 16.0 Å². The number of carbonyl (C=O) groups is 5. The van der Waals surface area contributed by atoms with Gasteiger partial charge >= 0.3 is 17.9 Å². The highest BCUT2D eigenvalue weighted by Gasteiger charge is 2.36. The molecule has 1 fully saturated rings. The number of piperidine rings is 1. The number of benzene rings is 3. The molecular weight excluding hydrogens is 612 g/mol. The molecule has 0 radical (unpaired) electrons. The Kier molecular flexibility index (Phi) is 11.2. The number of fused-ring (bicyclic) bond motifs is 1. The van der Waals surface area contributed by atoms with Gasteiger partial charge in [-0.05, 0) is 36.6 Å². The zero-order valence-electron chi connectivity index (χ0n) is 27.4. The van der Waals surface area contributed by atoms with Crippen LogP contribution in [0.4, 0.5) is 10.5 Å². The van der Waals surface area contributed by atoms with Crippen LogP contribution in [0.15, 0.2) is 78.9 Å². The third-order valence-corrected chi connectivity index (χ3v) is 8.79. The summed E-state index contributed by atoms with van der Waals surface area (Å²) in [4.78, 5) is 66.1. The van der Waals surface area contributed by atoms with Crippen molar-refractivity contribution in [1.29, 1.82) is 0 Å². The molecule has 2 heterocycles. The summed E-state index contributed by atoms with van der Waals surface area (Å²) in [6, 6.07) is 24.2. The Balaban J connectivity index is 0.944. The summed E-state index contributed by atoms with van der Waals surface area (Å²) in [5.74, 6) is -1.98. The normalized spacial score (nSPS) is 15.2. The fraction of sp³-hybridized carbons (Fsp3) is 0.361. The molecule has 3 aromatic rings. The molecule has 0 bridgehead atoms. The van der Waals surface area contributed by atoms with E-state index in [1.165, 1.54) is 4.90 Å². The molecule has 3 N–H and O–H groups in total. The minimum atomic E-state index is -0.706. The Bertz CT molecular complexity index is 1600. The van der Waals surface area contributed by atoms with Gasteiger partial charge in [-0.25, -0.2) is 4.79 Å². The van der Waals surface area contributed by atoms with Gasteiger partial charge in [0.15, 0.2) is 0 Å². The molecule has 2 aliphatic heterocycles. The SMILES string of the molecule is C[N+](C)(CCNC(=O)C(=O)NCCN1CCC(OC(=O)Nc2ccccc2-c2ccccc2)CC1)CCN1C(=O)c2ccccc2C1=O. The van der Waals surface area contributed by atoms with Crippen LogP contribution in [0.1, 0.15) is 33.6 Å². The van der Waals surface area contributed by atoms with Gasteiger partial charge in [-0.15, -0.1) is 0 Å². The van der Waals surface area contributed by atoms with Crippen molar-refractivity contribution in [3.8, 4) is 11.1 Å². The van der Waals surface area contributed by atoms with Crippen molar-refractivity contribution >= 4 is 35.4 Å². The Morgan fingerprint density at radius 1 is 0.729 bits per heavy atom. The monoisotopic (exact) mass is 655 g/mol. The number of nitrogens with zero attached hydrogens (tertiary/aromatic N) is 3. The zero-order chi connectivity index (χ0) is 34.1. The average molecular weight is 656 g/mol. The molecule has 0 spiro atoms. The lowest BCUT2D eigenvalue weighted by molar-refractivity contribution is -0.888. The number of ether oxygens (including phenoxy) is 1. The van der Waals surface area contributed by atoms with Crippen LogP contribution in [0.5, 0.6) is 0 Å². The van der Waals surface area contributed by atoms with Gasteiger partial charge in [-0.1, -0.05) is 60.7 Å². The molecule has 48 heavy (non-hydrogen) atoms. The second-order valence-corrected chi connectivity index (χ2v) is 12.7. The number of anilines is 1. The van der Waals surface area contributed by atoms with E-state index in [1.807, 2.05) is 68.7 Å². The largest absolute Gasteiger partial charge is 0.446 e. The van der Waals surface area contributed by atoms with E-state index in [-0.39, 0.29) is 31.0 Å². The third-order valence-electron chi connectivity index (χ3n) is 8.79. The second kappa shape index (κ2) is 15.7. The van der Waals surface area contributed by atoms with Crippen molar-refractivity contribution in [3.63, 3.8) is 0 Å². The lowest BCUT2D eigenvalue weighted by Gasteiger charge is -2.31. The fourth-order valence-corrected chi connectivity index (χ4v) is 5.89. The summed E-state index contributed by atoms with van der Waals surface area (Å²) in [5, 5.41) is 8.22. The van der Waals surface area contributed by atoms with Gasteiger partial charge in [0, 0.05) is 31.7 Å². The maximum Gasteiger partial charge on any atom is 0.411 e. The zero-order valence-corrected chi connectivity index (χ0v) is 27.4. The topological polar surface area (TPSA) is 137 Å². The van der Waals surface area contributed by atoms with E-state index in [0.717, 1.165) is 11.1 Å². The molecular formula is C36H43N6O6+. The minimum absolute atomic E-state index is 0.208. The number of hydrogen-bond acceptors (Lipinski definition) is 7. The maximum atomic E-state index is 12.7. The Morgan fingerprint density at radius 2 is 1.29 bits per heavy atom. The van der Waals surface area contributed by atoms with E-state index in [0.29, 0.717) is 73.4 Å². The minimum Gasteiger partial charge on any atom is -0.446 e. The Labute approximate surface area is 280 Å². The number of amides is 5. The number of imide groups is 1. The number of hydrogen-bond donors (Lipinski definition) is 3.